The van der Waals surface area contributed by atoms with Gasteiger partial charge in [0.05, 0.1) is 11.9 Å². The van der Waals surface area contributed by atoms with Gasteiger partial charge in [0.15, 0.2) is 6.29 Å². The standard InChI is InChI=1S/C19H24N6O2/c1-21-10-16(13-6-4-5-7-13)25-11-14(9-24-25)18-15(8-17(26-2)27-3)19(20)23-12-22-18/h9,11-12,17H,4-8,10H2,2-3H3,(H2,20,22,23)/i4D2,5D2,6D2,7D2. The summed E-state index contributed by atoms with van der Waals surface area (Å²) in [6.07, 6.45) is -9.10. The van der Waals surface area contributed by atoms with Crippen LogP contribution in [0.5, 0.6) is 0 Å². The molecule has 0 unspecified atom stereocenters. The van der Waals surface area contributed by atoms with Crippen molar-refractivity contribution in [2.45, 2.75) is 38.2 Å². The van der Waals surface area contributed by atoms with E-state index < -0.39 is 43.9 Å². The van der Waals surface area contributed by atoms with E-state index in [0.29, 0.717) is 16.8 Å². The van der Waals surface area contributed by atoms with E-state index in [1.165, 1.54) is 32.9 Å². The van der Waals surface area contributed by atoms with Crippen molar-refractivity contribution in [1.29, 1.82) is 0 Å². The molecule has 1 fully saturated rings. The largest absolute Gasteiger partial charge is 0.383 e. The van der Waals surface area contributed by atoms with Gasteiger partial charge in [0.25, 0.3) is 6.54 Å². The molecule has 0 atom stereocenters. The molecule has 2 heterocycles. The molecule has 1 saturated carbocycles. The Bertz CT molecular complexity index is 1160. The second kappa shape index (κ2) is 8.75. The zero-order chi connectivity index (χ0) is 26.4. The molecule has 0 saturated heterocycles. The van der Waals surface area contributed by atoms with Crippen LogP contribution in [0.25, 0.3) is 21.8 Å². The quantitative estimate of drug-likeness (QED) is 0.590. The van der Waals surface area contributed by atoms with Crippen molar-refractivity contribution in [2.24, 2.45) is 0 Å². The van der Waals surface area contributed by atoms with Crippen LogP contribution in [-0.2, 0) is 15.9 Å². The first-order valence-corrected chi connectivity index (χ1v) is 7.96. The minimum absolute atomic E-state index is 0.159. The Balaban J connectivity index is 2.21. The molecule has 0 amide bonds. The van der Waals surface area contributed by atoms with Gasteiger partial charge in [-0.1, -0.05) is 0 Å². The molecule has 1 aliphatic rings. The first-order chi connectivity index (χ1) is 16.2. The van der Waals surface area contributed by atoms with Crippen LogP contribution >= 0.6 is 0 Å². The maximum Gasteiger partial charge on any atom is 0.256 e. The van der Waals surface area contributed by atoms with Crippen molar-refractivity contribution in [1.82, 2.24) is 19.7 Å². The number of hydrogen-bond donors (Lipinski definition) is 1. The van der Waals surface area contributed by atoms with E-state index in [0.717, 1.165) is 4.68 Å². The highest BCUT2D eigenvalue weighted by molar-refractivity contribution is 5.67. The van der Waals surface area contributed by atoms with Crippen molar-refractivity contribution in [3.05, 3.63) is 41.3 Å². The number of aromatic nitrogens is 4. The van der Waals surface area contributed by atoms with Gasteiger partial charge in [0, 0.05) is 48.9 Å². The lowest BCUT2D eigenvalue weighted by Crippen LogP contribution is -2.18. The fourth-order valence-electron chi connectivity index (χ4n) is 2.60. The van der Waals surface area contributed by atoms with E-state index in [1.807, 2.05) is 0 Å². The summed E-state index contributed by atoms with van der Waals surface area (Å²) in [4.78, 5) is 11.5. The fraction of sp³-hybridized carbons (Fsp3) is 0.474. The van der Waals surface area contributed by atoms with Crippen molar-refractivity contribution in [3.63, 3.8) is 0 Å². The van der Waals surface area contributed by atoms with Crippen LogP contribution < -0.4 is 5.73 Å². The molecule has 0 bridgehead atoms. The maximum atomic E-state index is 8.31. The number of nitrogens with two attached hydrogens (primary N) is 1. The summed E-state index contributed by atoms with van der Waals surface area (Å²) in [7, 11) is 2.91. The Morgan fingerprint density at radius 1 is 1.37 bits per heavy atom. The van der Waals surface area contributed by atoms with Crippen LogP contribution in [0, 0.1) is 6.57 Å². The SMILES string of the molecule is [2H]C1([2H])C(=C(C[N+]#[C-])n2cc(-c3ncnc(N)c3CC(OC)OC)cn2)C([2H])([2H])C([2H])([2H])C1([2H])[2H]. The Labute approximate surface area is 170 Å². The highest BCUT2D eigenvalue weighted by atomic mass is 16.7. The first kappa shape index (κ1) is 11.2. The Morgan fingerprint density at radius 2 is 2.11 bits per heavy atom. The first-order valence-electron chi connectivity index (χ1n) is 12.0. The van der Waals surface area contributed by atoms with Crippen LogP contribution in [0.1, 0.15) is 42.0 Å². The maximum absolute atomic E-state index is 8.31. The van der Waals surface area contributed by atoms with Crippen LogP contribution in [0.15, 0.2) is 24.3 Å². The normalized spacial score (nSPS) is 25.8. The molecule has 1 aliphatic carbocycles. The molecule has 2 aromatic rings. The van der Waals surface area contributed by atoms with E-state index in [9.17, 15) is 0 Å². The van der Waals surface area contributed by atoms with Gasteiger partial charge in [-0.15, -0.1) is 0 Å². The van der Waals surface area contributed by atoms with E-state index in [-0.39, 0.29) is 17.9 Å². The molecule has 8 nitrogen and oxygen atoms in total. The highest BCUT2D eigenvalue weighted by Crippen LogP contribution is 2.31. The number of methoxy groups -OCH3 is 2. The van der Waals surface area contributed by atoms with Crippen molar-refractivity contribution in [2.75, 3.05) is 26.5 Å². The molecule has 142 valence electrons. The minimum atomic E-state index is -3.22. The average molecular weight is 376 g/mol. The molecule has 2 N–H and O–H groups in total. The number of hydrogen-bond acceptors (Lipinski definition) is 6. The van der Waals surface area contributed by atoms with Gasteiger partial charge < -0.3 is 20.1 Å². The summed E-state index contributed by atoms with van der Waals surface area (Å²) < 4.78 is 76.9. The van der Waals surface area contributed by atoms with Gasteiger partial charge >= 0.3 is 0 Å². The lowest BCUT2D eigenvalue weighted by Gasteiger charge is -2.16. The highest BCUT2D eigenvalue weighted by Gasteiger charge is 2.20. The molecule has 8 heteroatoms. The second-order valence-corrected chi connectivity index (χ2v) is 5.50. The number of nitrogens with zero attached hydrogens (tertiary/aromatic N) is 5. The van der Waals surface area contributed by atoms with E-state index in [2.05, 4.69) is 19.9 Å². The number of nitrogen functional groups attached to an aromatic ring is 1. The zero-order valence-electron chi connectivity index (χ0n) is 22.9. The van der Waals surface area contributed by atoms with E-state index >= 15 is 0 Å². The third kappa shape index (κ3) is 4.15. The molecule has 3 rings (SSSR count). The predicted octanol–water partition coefficient (Wildman–Crippen LogP) is 2.79. The molecule has 27 heavy (non-hydrogen) atoms. The van der Waals surface area contributed by atoms with Gasteiger partial charge in [-0.3, -0.25) is 0 Å². The van der Waals surface area contributed by atoms with Gasteiger partial charge in [-0.05, 0) is 31.1 Å². The third-order valence-electron chi connectivity index (χ3n) is 3.96. The molecular formula is C19H24N6O2. The van der Waals surface area contributed by atoms with Gasteiger partial charge in [-0.25, -0.2) is 21.2 Å². The van der Waals surface area contributed by atoms with Gasteiger partial charge in [0.2, 0.25) is 0 Å². The monoisotopic (exact) mass is 376 g/mol. The second-order valence-electron chi connectivity index (χ2n) is 5.50. The van der Waals surface area contributed by atoms with Gasteiger partial charge in [-0.2, -0.15) is 5.10 Å². The summed E-state index contributed by atoms with van der Waals surface area (Å²) in [6, 6.07) is 0. The molecule has 2 aromatic heterocycles. The van der Waals surface area contributed by atoms with E-state index in [4.69, 9.17) is 32.7 Å². The Kier molecular flexibility index (Phi) is 3.62. The van der Waals surface area contributed by atoms with Crippen LogP contribution in [-0.4, -0.2) is 46.8 Å². The average Bonchev–Trinajstić information content (AvgIpc) is 3.28. The summed E-state index contributed by atoms with van der Waals surface area (Å²) in [5.41, 5.74) is 6.11. The van der Waals surface area contributed by atoms with Crippen LogP contribution in [0.2, 0.25) is 0 Å². The third-order valence-corrected chi connectivity index (χ3v) is 3.96. The minimum Gasteiger partial charge on any atom is -0.383 e. The van der Waals surface area contributed by atoms with Crippen molar-refractivity contribution in [3.8, 4) is 11.3 Å². The predicted molar refractivity (Wildman–Crippen MR) is 102 cm³/mol. The molecule has 0 radical (unpaired) electrons. The number of rotatable bonds is 7. The van der Waals surface area contributed by atoms with Crippen molar-refractivity contribution < 1.29 is 20.4 Å². The lowest BCUT2D eigenvalue weighted by molar-refractivity contribution is -0.100. The smallest absolute Gasteiger partial charge is 0.256 e. The molecular weight excluding hydrogens is 344 g/mol. The summed E-state index contributed by atoms with van der Waals surface area (Å²) >= 11 is 0. The Morgan fingerprint density at radius 3 is 2.78 bits per heavy atom. The topological polar surface area (TPSA) is 92.4 Å². The van der Waals surface area contributed by atoms with E-state index in [1.54, 1.807) is 0 Å². The van der Waals surface area contributed by atoms with Gasteiger partial charge in [0.1, 0.15) is 17.8 Å². The number of anilines is 1. The summed E-state index contributed by atoms with van der Waals surface area (Å²) in [5.74, 6) is 0.159. The fourth-order valence-corrected chi connectivity index (χ4v) is 2.60. The zero-order valence-corrected chi connectivity index (χ0v) is 14.9. The van der Waals surface area contributed by atoms with Crippen LogP contribution in [0.3, 0.4) is 0 Å². The Hall–Kier alpha value is -2.76. The number of ether oxygens (including phenoxy) is 2. The molecule has 0 spiro atoms. The summed E-state index contributed by atoms with van der Waals surface area (Å²) in [6.45, 7) is 6.73. The lowest BCUT2D eigenvalue weighted by atomic mass is 10.1. The van der Waals surface area contributed by atoms with Crippen molar-refractivity contribution >= 4 is 11.5 Å². The molecule has 0 aliphatic heterocycles. The number of allylic oxidation sites excluding steroid dienone is 1. The van der Waals surface area contributed by atoms with Crippen LogP contribution in [0.4, 0.5) is 5.82 Å². The summed E-state index contributed by atoms with van der Waals surface area (Å²) in [5, 5.41) is 4.15. The molecule has 0 aromatic carbocycles.